The van der Waals surface area contributed by atoms with Gasteiger partial charge in [0.15, 0.2) is 0 Å². The van der Waals surface area contributed by atoms with Crippen LogP contribution in [0.25, 0.3) is 0 Å². The molecule has 0 radical (unpaired) electrons. The summed E-state index contributed by atoms with van der Waals surface area (Å²) < 4.78 is 0. The highest BCUT2D eigenvalue weighted by molar-refractivity contribution is 7.99. The van der Waals surface area contributed by atoms with Gasteiger partial charge in [0.25, 0.3) is 5.69 Å². The molecule has 126 valence electrons. The number of phenols is 1. The lowest BCUT2D eigenvalue weighted by Crippen LogP contribution is -2.00. The molecular weight excluding hydrogens is 336 g/mol. The summed E-state index contributed by atoms with van der Waals surface area (Å²) in [6.07, 6.45) is 0. The highest BCUT2D eigenvalue weighted by Crippen LogP contribution is 2.40. The van der Waals surface area contributed by atoms with E-state index in [1.807, 2.05) is 36.4 Å². The minimum Gasteiger partial charge on any atom is -0.507 e. The quantitative estimate of drug-likeness (QED) is 0.479. The molecule has 3 aromatic carbocycles. The third kappa shape index (κ3) is 4.30. The number of nitrogens with zero attached hydrogens (tertiary/aromatic N) is 1. The number of hydrogen-bond acceptors (Lipinski definition) is 5. The van der Waals surface area contributed by atoms with E-state index in [4.69, 9.17) is 0 Å². The summed E-state index contributed by atoms with van der Waals surface area (Å²) in [6, 6.07) is 21.6. The lowest BCUT2D eigenvalue weighted by molar-refractivity contribution is -0.384. The van der Waals surface area contributed by atoms with Gasteiger partial charge in [-0.1, -0.05) is 48.2 Å². The fourth-order valence-corrected chi connectivity index (χ4v) is 3.25. The Labute approximate surface area is 149 Å². The Morgan fingerprint density at radius 1 is 0.960 bits per heavy atom. The Morgan fingerprint density at radius 3 is 2.36 bits per heavy atom. The van der Waals surface area contributed by atoms with E-state index in [1.165, 1.54) is 23.9 Å². The minimum absolute atomic E-state index is 0.0454. The van der Waals surface area contributed by atoms with Crippen LogP contribution in [-0.2, 0) is 6.54 Å². The van der Waals surface area contributed by atoms with Gasteiger partial charge in [-0.05, 0) is 29.8 Å². The van der Waals surface area contributed by atoms with Gasteiger partial charge in [0.2, 0.25) is 0 Å². The molecule has 0 fully saturated rings. The number of aromatic hydroxyl groups is 1. The predicted molar refractivity (Wildman–Crippen MR) is 99.1 cm³/mol. The second-order valence-electron chi connectivity index (χ2n) is 5.35. The largest absolute Gasteiger partial charge is 0.507 e. The zero-order valence-corrected chi connectivity index (χ0v) is 14.1. The number of phenolic OH excluding ortho intramolecular Hbond substituents is 1. The Morgan fingerprint density at radius 2 is 1.68 bits per heavy atom. The molecule has 0 atom stereocenters. The molecule has 3 aromatic rings. The summed E-state index contributed by atoms with van der Waals surface area (Å²) in [6.45, 7) is 0.637. The molecule has 6 heteroatoms. The normalized spacial score (nSPS) is 10.4. The fourth-order valence-electron chi connectivity index (χ4n) is 2.32. The molecule has 0 saturated heterocycles. The van der Waals surface area contributed by atoms with Gasteiger partial charge in [0, 0.05) is 23.6 Å². The molecule has 0 spiro atoms. The molecule has 25 heavy (non-hydrogen) atoms. The van der Waals surface area contributed by atoms with E-state index >= 15 is 0 Å². The average Bonchev–Trinajstić information content (AvgIpc) is 2.63. The van der Waals surface area contributed by atoms with Crippen molar-refractivity contribution < 1.29 is 10.0 Å². The first-order valence-electron chi connectivity index (χ1n) is 7.65. The minimum atomic E-state index is -0.429. The molecule has 0 amide bonds. The Hall–Kier alpha value is -2.99. The number of nitro groups is 1. The van der Waals surface area contributed by atoms with Gasteiger partial charge >= 0.3 is 0 Å². The van der Waals surface area contributed by atoms with E-state index in [0.717, 1.165) is 16.1 Å². The van der Waals surface area contributed by atoms with Crippen molar-refractivity contribution in [3.05, 3.63) is 88.5 Å². The van der Waals surface area contributed by atoms with Crippen LogP contribution in [0.2, 0.25) is 0 Å². The van der Waals surface area contributed by atoms with Gasteiger partial charge in [-0.3, -0.25) is 10.1 Å². The standard InChI is InChI=1S/C19H16N2O3S/c22-18-8-4-7-17(20-13-14-5-2-1-3-6-14)19(18)25-16-11-9-15(10-12-16)21(23)24/h1-12,20,22H,13H2. The molecular formula is C19H16N2O3S. The lowest BCUT2D eigenvalue weighted by atomic mass is 10.2. The third-order valence-corrected chi connectivity index (χ3v) is 4.73. The molecule has 0 aliphatic carbocycles. The predicted octanol–water partition coefficient (Wildman–Crippen LogP) is 5.06. The van der Waals surface area contributed by atoms with E-state index in [9.17, 15) is 15.2 Å². The van der Waals surface area contributed by atoms with E-state index < -0.39 is 4.92 Å². The summed E-state index contributed by atoms with van der Waals surface area (Å²) in [4.78, 5) is 11.8. The number of anilines is 1. The Balaban J connectivity index is 1.79. The molecule has 0 aliphatic heterocycles. The number of nitrogens with one attached hydrogen (secondary N) is 1. The first-order chi connectivity index (χ1) is 12.1. The topological polar surface area (TPSA) is 75.4 Å². The van der Waals surface area contributed by atoms with Crippen molar-refractivity contribution in [1.29, 1.82) is 0 Å². The van der Waals surface area contributed by atoms with Crippen molar-refractivity contribution in [1.82, 2.24) is 0 Å². The summed E-state index contributed by atoms with van der Waals surface area (Å²) in [5.74, 6) is 0.168. The van der Waals surface area contributed by atoms with Crippen LogP contribution in [0.4, 0.5) is 11.4 Å². The first kappa shape index (κ1) is 16.9. The number of rotatable bonds is 6. The molecule has 0 saturated carbocycles. The lowest BCUT2D eigenvalue weighted by Gasteiger charge is -2.13. The SMILES string of the molecule is O=[N+]([O-])c1ccc(Sc2c(O)cccc2NCc2ccccc2)cc1. The van der Waals surface area contributed by atoms with E-state index in [-0.39, 0.29) is 11.4 Å². The number of benzene rings is 3. The Kier molecular flexibility index (Phi) is 5.20. The smallest absolute Gasteiger partial charge is 0.269 e. The van der Waals surface area contributed by atoms with Crippen molar-refractivity contribution in [3.63, 3.8) is 0 Å². The molecule has 0 heterocycles. The van der Waals surface area contributed by atoms with Crippen LogP contribution in [-0.4, -0.2) is 10.0 Å². The van der Waals surface area contributed by atoms with Crippen LogP contribution in [0.1, 0.15) is 5.56 Å². The zero-order chi connectivity index (χ0) is 17.6. The number of non-ortho nitro benzene ring substituents is 1. The molecule has 3 rings (SSSR count). The van der Waals surface area contributed by atoms with Crippen molar-refractivity contribution in [2.45, 2.75) is 16.3 Å². The summed E-state index contributed by atoms with van der Waals surface area (Å²) >= 11 is 1.36. The first-order valence-corrected chi connectivity index (χ1v) is 8.47. The maximum atomic E-state index is 10.7. The highest BCUT2D eigenvalue weighted by atomic mass is 32.2. The van der Waals surface area contributed by atoms with Gasteiger partial charge in [-0.2, -0.15) is 0 Å². The van der Waals surface area contributed by atoms with Gasteiger partial charge in [0.05, 0.1) is 15.5 Å². The van der Waals surface area contributed by atoms with E-state index in [1.54, 1.807) is 24.3 Å². The van der Waals surface area contributed by atoms with E-state index in [2.05, 4.69) is 5.32 Å². The van der Waals surface area contributed by atoms with Crippen molar-refractivity contribution in [2.24, 2.45) is 0 Å². The molecule has 0 bridgehead atoms. The summed E-state index contributed by atoms with van der Waals surface area (Å²) in [7, 11) is 0. The molecule has 0 aliphatic rings. The maximum absolute atomic E-state index is 10.7. The van der Waals surface area contributed by atoms with Crippen LogP contribution in [0.15, 0.2) is 82.6 Å². The third-order valence-electron chi connectivity index (χ3n) is 3.59. The second-order valence-corrected chi connectivity index (χ2v) is 6.43. The fraction of sp³-hybridized carbons (Fsp3) is 0.0526. The van der Waals surface area contributed by atoms with Crippen molar-refractivity contribution in [2.75, 3.05) is 5.32 Å². The monoisotopic (exact) mass is 352 g/mol. The van der Waals surface area contributed by atoms with Crippen LogP contribution in [0.5, 0.6) is 5.75 Å². The second kappa shape index (κ2) is 7.72. The molecule has 0 unspecified atom stereocenters. The average molecular weight is 352 g/mol. The van der Waals surface area contributed by atoms with Crippen LogP contribution in [0.3, 0.4) is 0 Å². The maximum Gasteiger partial charge on any atom is 0.269 e. The van der Waals surface area contributed by atoms with Gasteiger partial charge in [-0.25, -0.2) is 0 Å². The Bertz CT molecular complexity index is 868. The van der Waals surface area contributed by atoms with Gasteiger partial charge in [0.1, 0.15) is 5.75 Å². The van der Waals surface area contributed by atoms with Crippen LogP contribution in [0, 0.1) is 10.1 Å². The zero-order valence-electron chi connectivity index (χ0n) is 13.3. The molecule has 0 aromatic heterocycles. The number of hydrogen-bond donors (Lipinski definition) is 2. The van der Waals surface area contributed by atoms with Crippen molar-refractivity contribution >= 4 is 23.1 Å². The van der Waals surface area contributed by atoms with Crippen molar-refractivity contribution in [3.8, 4) is 5.75 Å². The molecule has 5 nitrogen and oxygen atoms in total. The summed E-state index contributed by atoms with van der Waals surface area (Å²) in [5, 5.41) is 24.3. The van der Waals surface area contributed by atoms with Crippen LogP contribution >= 0.6 is 11.8 Å². The van der Waals surface area contributed by atoms with Gasteiger partial charge < -0.3 is 10.4 Å². The number of nitro benzene ring substituents is 1. The molecule has 2 N–H and O–H groups in total. The van der Waals surface area contributed by atoms with Gasteiger partial charge in [-0.15, -0.1) is 0 Å². The van der Waals surface area contributed by atoms with Crippen LogP contribution < -0.4 is 5.32 Å². The summed E-state index contributed by atoms with van der Waals surface area (Å²) in [5.41, 5.74) is 1.99. The van der Waals surface area contributed by atoms with E-state index in [0.29, 0.717) is 11.4 Å². The highest BCUT2D eigenvalue weighted by Gasteiger charge is 2.11.